The van der Waals surface area contributed by atoms with E-state index in [9.17, 15) is 0 Å². The standard InChI is InChI=1S/C17H29N3O/c1-13-6-5-7-14(10-13)16-19-15(21-20-16)11-17(12-18)8-3-2-4-9-17/h13-14H,2-12,18H2,1H3. The quantitative estimate of drug-likeness (QED) is 0.916. The molecule has 2 saturated carbocycles. The highest BCUT2D eigenvalue weighted by molar-refractivity contribution is 5.00. The highest BCUT2D eigenvalue weighted by atomic mass is 16.5. The number of hydrogen-bond donors (Lipinski definition) is 1. The Labute approximate surface area is 127 Å². The van der Waals surface area contributed by atoms with Gasteiger partial charge in [0.25, 0.3) is 0 Å². The highest BCUT2D eigenvalue weighted by Gasteiger charge is 2.33. The highest BCUT2D eigenvalue weighted by Crippen LogP contribution is 2.39. The average Bonchev–Trinajstić information content (AvgIpc) is 2.96. The van der Waals surface area contributed by atoms with Crippen molar-refractivity contribution in [2.75, 3.05) is 6.54 Å². The normalized spacial score (nSPS) is 29.4. The van der Waals surface area contributed by atoms with E-state index in [0.717, 1.165) is 30.6 Å². The molecule has 1 aromatic heterocycles. The summed E-state index contributed by atoms with van der Waals surface area (Å²) in [5, 5.41) is 4.28. The van der Waals surface area contributed by atoms with Gasteiger partial charge < -0.3 is 10.3 Å². The van der Waals surface area contributed by atoms with Crippen LogP contribution in [0.2, 0.25) is 0 Å². The van der Waals surface area contributed by atoms with Gasteiger partial charge in [0, 0.05) is 12.3 Å². The summed E-state index contributed by atoms with van der Waals surface area (Å²) in [6, 6.07) is 0. The molecule has 3 rings (SSSR count). The van der Waals surface area contributed by atoms with E-state index in [1.54, 1.807) is 0 Å². The molecular weight excluding hydrogens is 262 g/mol. The van der Waals surface area contributed by atoms with Crippen molar-refractivity contribution in [1.82, 2.24) is 10.1 Å². The molecule has 21 heavy (non-hydrogen) atoms. The summed E-state index contributed by atoms with van der Waals surface area (Å²) in [5.74, 6) is 3.06. The summed E-state index contributed by atoms with van der Waals surface area (Å²) >= 11 is 0. The van der Waals surface area contributed by atoms with Crippen LogP contribution in [0.3, 0.4) is 0 Å². The molecule has 2 aliphatic carbocycles. The van der Waals surface area contributed by atoms with E-state index < -0.39 is 0 Å². The number of hydrogen-bond acceptors (Lipinski definition) is 4. The second kappa shape index (κ2) is 6.47. The molecule has 2 aliphatic rings. The second-order valence-electron chi connectivity index (χ2n) is 7.46. The van der Waals surface area contributed by atoms with Crippen LogP contribution in [0.1, 0.15) is 82.3 Å². The predicted octanol–water partition coefficient (Wildman–Crippen LogP) is 3.82. The van der Waals surface area contributed by atoms with Crippen LogP contribution in [-0.4, -0.2) is 16.7 Å². The summed E-state index contributed by atoms with van der Waals surface area (Å²) in [5.41, 5.74) is 6.27. The van der Waals surface area contributed by atoms with Crippen molar-refractivity contribution in [3.63, 3.8) is 0 Å². The van der Waals surface area contributed by atoms with Crippen molar-refractivity contribution in [3.8, 4) is 0 Å². The third kappa shape index (κ3) is 3.47. The third-order valence-corrected chi connectivity index (χ3v) is 5.66. The first-order valence-electron chi connectivity index (χ1n) is 8.73. The molecule has 118 valence electrons. The van der Waals surface area contributed by atoms with Crippen LogP contribution in [0.4, 0.5) is 0 Å². The Balaban J connectivity index is 1.66. The van der Waals surface area contributed by atoms with Gasteiger partial charge in [-0.3, -0.25) is 0 Å². The molecule has 0 amide bonds. The molecule has 4 nitrogen and oxygen atoms in total. The summed E-state index contributed by atoms with van der Waals surface area (Å²) in [7, 11) is 0. The van der Waals surface area contributed by atoms with E-state index in [0.29, 0.717) is 5.92 Å². The maximum atomic E-state index is 6.06. The molecule has 4 heteroatoms. The first-order valence-corrected chi connectivity index (χ1v) is 8.73. The lowest BCUT2D eigenvalue weighted by molar-refractivity contribution is 0.177. The van der Waals surface area contributed by atoms with E-state index >= 15 is 0 Å². The maximum Gasteiger partial charge on any atom is 0.227 e. The molecule has 0 saturated heterocycles. The fourth-order valence-electron chi connectivity index (χ4n) is 4.25. The van der Waals surface area contributed by atoms with Crippen LogP contribution >= 0.6 is 0 Å². The minimum atomic E-state index is 0.210. The lowest BCUT2D eigenvalue weighted by Crippen LogP contribution is -2.35. The second-order valence-corrected chi connectivity index (χ2v) is 7.46. The Kier molecular flexibility index (Phi) is 4.63. The van der Waals surface area contributed by atoms with E-state index in [1.165, 1.54) is 57.8 Å². The van der Waals surface area contributed by atoms with Gasteiger partial charge >= 0.3 is 0 Å². The molecule has 1 aromatic rings. The van der Waals surface area contributed by atoms with E-state index in [-0.39, 0.29) is 5.41 Å². The molecule has 2 unspecified atom stereocenters. The van der Waals surface area contributed by atoms with E-state index in [2.05, 4.69) is 12.1 Å². The molecule has 2 N–H and O–H groups in total. The van der Waals surface area contributed by atoms with E-state index in [4.69, 9.17) is 15.2 Å². The molecule has 0 spiro atoms. The van der Waals surface area contributed by atoms with Crippen molar-refractivity contribution in [1.29, 1.82) is 0 Å². The Morgan fingerprint density at radius 1 is 1.19 bits per heavy atom. The van der Waals surface area contributed by atoms with Crippen LogP contribution in [0.5, 0.6) is 0 Å². The molecular formula is C17H29N3O. The van der Waals surface area contributed by atoms with Gasteiger partial charge in [0.2, 0.25) is 5.89 Å². The fourth-order valence-corrected chi connectivity index (χ4v) is 4.25. The number of nitrogens with zero attached hydrogens (tertiary/aromatic N) is 2. The molecule has 0 aliphatic heterocycles. The van der Waals surface area contributed by atoms with E-state index in [1.807, 2.05) is 0 Å². The zero-order valence-corrected chi connectivity index (χ0v) is 13.3. The third-order valence-electron chi connectivity index (χ3n) is 5.66. The van der Waals surface area contributed by atoms with Crippen molar-refractivity contribution < 1.29 is 4.52 Å². The van der Waals surface area contributed by atoms with Crippen molar-refractivity contribution >= 4 is 0 Å². The summed E-state index contributed by atoms with van der Waals surface area (Å²) in [6.45, 7) is 3.07. The van der Waals surface area contributed by atoms with Gasteiger partial charge in [0.05, 0.1) is 0 Å². The smallest absolute Gasteiger partial charge is 0.227 e. The number of nitrogens with two attached hydrogens (primary N) is 1. The van der Waals surface area contributed by atoms with Crippen LogP contribution in [0, 0.1) is 11.3 Å². The SMILES string of the molecule is CC1CCCC(c2noc(CC3(CN)CCCCC3)n2)C1. The predicted molar refractivity (Wildman–Crippen MR) is 82.9 cm³/mol. The Hall–Kier alpha value is -0.900. The minimum Gasteiger partial charge on any atom is -0.339 e. The number of aromatic nitrogens is 2. The lowest BCUT2D eigenvalue weighted by atomic mass is 9.72. The van der Waals surface area contributed by atoms with Gasteiger partial charge in [-0.2, -0.15) is 4.98 Å². The van der Waals surface area contributed by atoms with Gasteiger partial charge in [0.1, 0.15) is 0 Å². The largest absolute Gasteiger partial charge is 0.339 e. The van der Waals surface area contributed by atoms with Crippen molar-refractivity contribution in [3.05, 3.63) is 11.7 Å². The van der Waals surface area contributed by atoms with Gasteiger partial charge in [-0.15, -0.1) is 0 Å². The summed E-state index contributed by atoms with van der Waals surface area (Å²) in [4.78, 5) is 4.72. The first kappa shape index (κ1) is 15.0. The van der Waals surface area contributed by atoms with Crippen LogP contribution in [0.15, 0.2) is 4.52 Å². The molecule has 1 heterocycles. The molecule has 0 radical (unpaired) electrons. The molecule has 0 bridgehead atoms. The Morgan fingerprint density at radius 2 is 2.00 bits per heavy atom. The maximum absolute atomic E-state index is 6.06. The first-order chi connectivity index (χ1) is 10.2. The monoisotopic (exact) mass is 291 g/mol. The van der Waals surface area contributed by atoms with Crippen molar-refractivity contribution in [2.24, 2.45) is 17.1 Å². The van der Waals surface area contributed by atoms with Crippen LogP contribution < -0.4 is 5.73 Å². The Morgan fingerprint density at radius 3 is 2.71 bits per heavy atom. The van der Waals surface area contributed by atoms with Crippen molar-refractivity contribution in [2.45, 2.75) is 77.0 Å². The molecule has 0 aromatic carbocycles. The Bertz CT molecular complexity index is 451. The summed E-state index contributed by atoms with van der Waals surface area (Å²) < 4.78 is 5.57. The topological polar surface area (TPSA) is 64.9 Å². The lowest BCUT2D eigenvalue weighted by Gasteiger charge is -2.34. The summed E-state index contributed by atoms with van der Waals surface area (Å²) in [6.07, 6.45) is 12.3. The van der Waals surface area contributed by atoms with Crippen LogP contribution in [-0.2, 0) is 6.42 Å². The van der Waals surface area contributed by atoms with Gasteiger partial charge in [-0.05, 0) is 43.6 Å². The minimum absolute atomic E-state index is 0.210. The van der Waals surface area contributed by atoms with Gasteiger partial charge in [-0.1, -0.05) is 44.2 Å². The average molecular weight is 291 g/mol. The zero-order chi connectivity index (χ0) is 14.7. The van der Waals surface area contributed by atoms with Crippen LogP contribution in [0.25, 0.3) is 0 Å². The van der Waals surface area contributed by atoms with Gasteiger partial charge in [-0.25, -0.2) is 0 Å². The van der Waals surface area contributed by atoms with Gasteiger partial charge in [0.15, 0.2) is 5.82 Å². The zero-order valence-electron chi connectivity index (χ0n) is 13.3. The molecule has 2 fully saturated rings. The number of rotatable bonds is 4. The molecule has 2 atom stereocenters. The fraction of sp³-hybridized carbons (Fsp3) is 0.882.